The first-order chi connectivity index (χ1) is 12.9. The Bertz CT molecular complexity index is 1010. The summed E-state index contributed by atoms with van der Waals surface area (Å²) < 4.78 is 64.6. The number of amides is 1. The van der Waals surface area contributed by atoms with Crippen molar-refractivity contribution in [3.05, 3.63) is 57.9 Å². The van der Waals surface area contributed by atoms with Gasteiger partial charge in [0.05, 0.1) is 28.3 Å². The number of hydrogen-bond donors (Lipinski definition) is 0. The predicted octanol–water partition coefficient (Wildman–Crippen LogP) is 3.67. The monoisotopic (exact) mass is 436 g/mol. The highest BCUT2D eigenvalue weighted by atomic mass is 35.5. The highest BCUT2D eigenvalue weighted by Crippen LogP contribution is 2.36. The molecule has 0 spiro atoms. The molecule has 0 aliphatic rings. The maximum absolute atomic E-state index is 13.0. The van der Waals surface area contributed by atoms with Crippen LogP contribution in [0.15, 0.2) is 35.4 Å². The average Bonchev–Trinajstić information content (AvgIpc) is 2.59. The van der Waals surface area contributed by atoms with E-state index in [1.54, 1.807) is 6.92 Å². The van der Waals surface area contributed by atoms with E-state index in [0.29, 0.717) is 11.6 Å². The Kier molecular flexibility index (Phi) is 6.37. The lowest BCUT2D eigenvalue weighted by molar-refractivity contribution is -0.137. The van der Waals surface area contributed by atoms with Gasteiger partial charge in [-0.1, -0.05) is 17.7 Å². The minimum absolute atomic E-state index is 0.0393. The molecule has 1 aromatic heterocycles. The summed E-state index contributed by atoms with van der Waals surface area (Å²) >= 11 is 5.54. The lowest BCUT2D eigenvalue weighted by atomic mass is 10.1. The molecule has 0 unspecified atom stereocenters. The Morgan fingerprint density at radius 2 is 1.93 bits per heavy atom. The number of nitrogens with zero attached hydrogens (tertiary/aromatic N) is 2. The molecule has 152 valence electrons. The minimum atomic E-state index is -4.81. The zero-order chi connectivity index (χ0) is 21.3. The third-order valence-corrected chi connectivity index (χ3v) is 5.81. The number of halogens is 4. The molecule has 0 saturated heterocycles. The van der Waals surface area contributed by atoms with Crippen molar-refractivity contribution in [3.8, 4) is 0 Å². The number of aromatic nitrogens is 1. The lowest BCUT2D eigenvalue weighted by Gasteiger charge is -2.16. The second-order valence-electron chi connectivity index (χ2n) is 5.90. The zero-order valence-corrected chi connectivity index (χ0v) is 16.6. The van der Waals surface area contributed by atoms with Crippen LogP contribution in [0, 0.1) is 6.92 Å². The Morgan fingerprint density at radius 1 is 1.29 bits per heavy atom. The summed E-state index contributed by atoms with van der Waals surface area (Å²) in [6.07, 6.45) is -3.44. The van der Waals surface area contributed by atoms with Gasteiger partial charge in [0, 0.05) is 13.2 Å². The van der Waals surface area contributed by atoms with Crippen molar-refractivity contribution in [2.75, 3.05) is 14.2 Å². The highest BCUT2D eigenvalue weighted by Gasteiger charge is 2.34. The third-order valence-electron chi connectivity index (χ3n) is 3.81. The van der Waals surface area contributed by atoms with Crippen molar-refractivity contribution in [2.45, 2.75) is 23.7 Å². The summed E-state index contributed by atoms with van der Waals surface area (Å²) in [7, 11) is -1.67. The number of alkyl halides is 3. The molecule has 1 aromatic carbocycles. The molecule has 0 radical (unpaired) electrons. The predicted molar refractivity (Wildman–Crippen MR) is 95.4 cm³/mol. The maximum Gasteiger partial charge on any atom is 0.417 e. The van der Waals surface area contributed by atoms with Crippen LogP contribution in [0.5, 0.6) is 0 Å². The smallest absolute Gasteiger partial charge is 0.274 e. The van der Waals surface area contributed by atoms with E-state index in [1.165, 1.54) is 26.4 Å². The number of hydrogen-bond acceptors (Lipinski definition) is 5. The molecular formula is C17H16ClF3N2O4S. The summed E-state index contributed by atoms with van der Waals surface area (Å²) in [6, 6.07) is 3.76. The second-order valence-corrected chi connectivity index (χ2v) is 8.30. The standard InChI is InChI=1S/C17H16ClF3N2O4S/c1-10-6-11(15(22-8-10)16(24)23(2)27-3)9-28(25,26)12-4-5-14(18)13(7-12)17(19,20)21/h4-8H,9H2,1-3H3. The van der Waals surface area contributed by atoms with E-state index in [0.717, 1.165) is 17.2 Å². The number of aryl methyl sites for hydroxylation is 1. The van der Waals surface area contributed by atoms with E-state index < -0.39 is 43.2 Å². The highest BCUT2D eigenvalue weighted by molar-refractivity contribution is 7.90. The van der Waals surface area contributed by atoms with E-state index in [2.05, 4.69) is 4.98 Å². The number of carbonyl (C=O) groups is 1. The molecule has 0 aliphatic heterocycles. The van der Waals surface area contributed by atoms with Crippen LogP contribution in [0.4, 0.5) is 13.2 Å². The van der Waals surface area contributed by atoms with Crippen LogP contribution in [0.1, 0.15) is 27.2 Å². The van der Waals surface area contributed by atoms with Crippen molar-refractivity contribution in [1.29, 1.82) is 0 Å². The van der Waals surface area contributed by atoms with Crippen LogP contribution >= 0.6 is 11.6 Å². The van der Waals surface area contributed by atoms with Gasteiger partial charge in [0.2, 0.25) is 0 Å². The van der Waals surface area contributed by atoms with E-state index >= 15 is 0 Å². The van der Waals surface area contributed by atoms with Crippen LogP contribution in [-0.2, 0) is 26.6 Å². The molecule has 0 fully saturated rings. The SMILES string of the molecule is CON(C)C(=O)c1ncc(C)cc1CS(=O)(=O)c1ccc(Cl)c(C(F)(F)F)c1. The third kappa shape index (κ3) is 4.81. The molecule has 2 rings (SSSR count). The summed E-state index contributed by atoms with van der Waals surface area (Å²) in [6.45, 7) is 1.64. The fraction of sp³-hybridized carbons (Fsp3) is 0.294. The zero-order valence-electron chi connectivity index (χ0n) is 15.0. The molecule has 11 heteroatoms. The number of rotatable bonds is 5. The molecule has 0 N–H and O–H groups in total. The van der Waals surface area contributed by atoms with E-state index in [-0.39, 0.29) is 11.3 Å². The van der Waals surface area contributed by atoms with Crippen LogP contribution in [0.3, 0.4) is 0 Å². The number of carbonyl (C=O) groups excluding carboxylic acids is 1. The molecule has 1 amide bonds. The van der Waals surface area contributed by atoms with Gasteiger partial charge in [-0.05, 0) is 36.2 Å². The molecule has 1 heterocycles. The first-order valence-corrected chi connectivity index (χ1v) is 9.77. The number of sulfone groups is 1. The topological polar surface area (TPSA) is 76.6 Å². The van der Waals surface area contributed by atoms with Crippen molar-refractivity contribution in [2.24, 2.45) is 0 Å². The molecule has 0 aliphatic carbocycles. The number of pyridine rings is 1. The average molecular weight is 437 g/mol. The summed E-state index contributed by atoms with van der Waals surface area (Å²) in [5, 5.41) is 0.249. The minimum Gasteiger partial charge on any atom is -0.274 e. The van der Waals surface area contributed by atoms with Gasteiger partial charge in [-0.25, -0.2) is 13.5 Å². The summed E-state index contributed by atoms with van der Waals surface area (Å²) in [5.74, 6) is -1.42. The Labute approximate surface area is 164 Å². The van der Waals surface area contributed by atoms with Crippen LogP contribution < -0.4 is 0 Å². The van der Waals surface area contributed by atoms with E-state index in [4.69, 9.17) is 16.4 Å². The molecule has 6 nitrogen and oxygen atoms in total. The molecule has 2 aromatic rings. The molecule has 28 heavy (non-hydrogen) atoms. The van der Waals surface area contributed by atoms with Gasteiger partial charge in [0.1, 0.15) is 5.69 Å². The normalized spacial score (nSPS) is 12.1. The van der Waals surface area contributed by atoms with E-state index in [1.807, 2.05) is 0 Å². The number of benzene rings is 1. The second kappa shape index (κ2) is 8.06. The van der Waals surface area contributed by atoms with Gasteiger partial charge >= 0.3 is 6.18 Å². The van der Waals surface area contributed by atoms with Crippen molar-refractivity contribution in [3.63, 3.8) is 0 Å². The Hall–Kier alpha value is -2.17. The Balaban J connectivity index is 2.51. The van der Waals surface area contributed by atoms with Gasteiger partial charge in [-0.15, -0.1) is 0 Å². The quantitative estimate of drug-likeness (QED) is 0.668. The molecular weight excluding hydrogens is 421 g/mol. The fourth-order valence-electron chi connectivity index (χ4n) is 2.37. The van der Waals surface area contributed by atoms with Gasteiger partial charge in [0.25, 0.3) is 5.91 Å². The van der Waals surface area contributed by atoms with Crippen LogP contribution in [0.25, 0.3) is 0 Å². The fourth-order valence-corrected chi connectivity index (χ4v) is 3.96. The van der Waals surface area contributed by atoms with E-state index in [9.17, 15) is 26.4 Å². The van der Waals surface area contributed by atoms with Gasteiger partial charge in [-0.2, -0.15) is 13.2 Å². The summed E-state index contributed by atoms with van der Waals surface area (Å²) in [5.41, 5.74) is -0.817. The molecule has 0 bridgehead atoms. The molecule has 0 atom stereocenters. The summed E-state index contributed by atoms with van der Waals surface area (Å²) in [4.78, 5) is 20.5. The van der Waals surface area contributed by atoms with Crippen molar-refractivity contribution < 1.29 is 31.2 Å². The first kappa shape index (κ1) is 22.1. The maximum atomic E-state index is 13.0. The molecule has 0 saturated carbocycles. The number of hydroxylamine groups is 2. The van der Waals surface area contributed by atoms with Crippen molar-refractivity contribution in [1.82, 2.24) is 10.0 Å². The largest absolute Gasteiger partial charge is 0.417 e. The lowest BCUT2D eigenvalue weighted by Crippen LogP contribution is -2.28. The van der Waals surface area contributed by atoms with Gasteiger partial charge in [-0.3, -0.25) is 14.6 Å². The van der Waals surface area contributed by atoms with Gasteiger partial charge < -0.3 is 0 Å². The first-order valence-electron chi connectivity index (χ1n) is 7.74. The van der Waals surface area contributed by atoms with Crippen LogP contribution in [0.2, 0.25) is 5.02 Å². The van der Waals surface area contributed by atoms with Crippen LogP contribution in [-0.4, -0.2) is 38.5 Å². The van der Waals surface area contributed by atoms with Crippen molar-refractivity contribution >= 4 is 27.3 Å². The Morgan fingerprint density at radius 3 is 2.50 bits per heavy atom. The van der Waals surface area contributed by atoms with Gasteiger partial charge in [0.15, 0.2) is 9.84 Å².